The van der Waals surface area contributed by atoms with Crippen LogP contribution >= 0.6 is 27.5 Å². The molecule has 0 saturated heterocycles. The predicted molar refractivity (Wildman–Crippen MR) is 186 cm³/mol. The Balaban J connectivity index is 1.60. The highest BCUT2D eigenvalue weighted by atomic mass is 79.9. The van der Waals surface area contributed by atoms with Crippen LogP contribution < -0.4 is 19.8 Å². The van der Waals surface area contributed by atoms with Crippen molar-refractivity contribution >= 4 is 44.6 Å². The quantitative estimate of drug-likeness (QED) is 0.129. The Kier molecular flexibility index (Phi) is 10.3. The minimum absolute atomic E-state index is 0.197. The molecule has 0 N–H and O–H groups in total. The molecule has 7 nitrogen and oxygen atoms in total. The molecule has 0 unspecified atom stereocenters. The molecule has 45 heavy (non-hydrogen) atoms. The first-order chi connectivity index (χ1) is 21.7. The fourth-order valence-electron chi connectivity index (χ4n) is 5.03. The van der Waals surface area contributed by atoms with Gasteiger partial charge in [0.25, 0.3) is 5.56 Å². The molecule has 5 aromatic rings. The number of nitrogens with zero attached hydrogens (tertiary/aromatic N) is 3. The SMILES string of the molecule is CCOc1cc(C)c(-c2nc3ccccc3c(=O)n2N=Cc2cc(Br)c(OCc3ccccc3Cl)c(OCC)c2)cc1C(C)C. The largest absolute Gasteiger partial charge is 0.494 e. The van der Waals surface area contributed by atoms with E-state index in [0.29, 0.717) is 56.5 Å². The molecule has 0 atom stereocenters. The van der Waals surface area contributed by atoms with Crippen molar-refractivity contribution in [3.63, 3.8) is 0 Å². The summed E-state index contributed by atoms with van der Waals surface area (Å²) in [5, 5.41) is 5.81. The summed E-state index contributed by atoms with van der Waals surface area (Å²) in [6.45, 7) is 11.4. The number of ether oxygens (including phenoxy) is 3. The second-order valence-corrected chi connectivity index (χ2v) is 12.0. The van der Waals surface area contributed by atoms with Crippen LogP contribution in [0.25, 0.3) is 22.3 Å². The van der Waals surface area contributed by atoms with Crippen LogP contribution in [0.5, 0.6) is 17.2 Å². The van der Waals surface area contributed by atoms with Crippen molar-refractivity contribution < 1.29 is 14.2 Å². The average molecular weight is 689 g/mol. The van der Waals surface area contributed by atoms with Crippen LogP contribution in [0.2, 0.25) is 5.02 Å². The summed E-state index contributed by atoms with van der Waals surface area (Å²) < 4.78 is 20.1. The number of halogens is 2. The summed E-state index contributed by atoms with van der Waals surface area (Å²) in [6, 6.07) is 22.6. The lowest BCUT2D eigenvalue weighted by atomic mass is 9.96. The lowest BCUT2D eigenvalue weighted by molar-refractivity contribution is 0.267. The van der Waals surface area contributed by atoms with E-state index in [4.69, 9.17) is 35.9 Å². The summed E-state index contributed by atoms with van der Waals surface area (Å²) in [7, 11) is 0. The Morgan fingerprint density at radius 3 is 2.40 bits per heavy atom. The van der Waals surface area contributed by atoms with E-state index in [9.17, 15) is 4.79 Å². The molecule has 0 aliphatic heterocycles. The number of benzene rings is 4. The monoisotopic (exact) mass is 687 g/mol. The minimum Gasteiger partial charge on any atom is -0.494 e. The van der Waals surface area contributed by atoms with Gasteiger partial charge in [-0.1, -0.05) is 55.8 Å². The Bertz CT molecular complexity index is 1940. The number of rotatable bonds is 11. The van der Waals surface area contributed by atoms with Gasteiger partial charge in [-0.3, -0.25) is 4.79 Å². The van der Waals surface area contributed by atoms with Crippen LogP contribution in [0.1, 0.15) is 55.9 Å². The highest BCUT2D eigenvalue weighted by Crippen LogP contribution is 2.38. The summed E-state index contributed by atoms with van der Waals surface area (Å²) in [5.41, 5.74) is 4.66. The van der Waals surface area contributed by atoms with E-state index in [1.54, 1.807) is 12.3 Å². The van der Waals surface area contributed by atoms with Crippen molar-refractivity contribution in [2.24, 2.45) is 5.10 Å². The molecule has 0 spiro atoms. The third-order valence-electron chi connectivity index (χ3n) is 7.26. The van der Waals surface area contributed by atoms with Crippen LogP contribution in [0.3, 0.4) is 0 Å². The van der Waals surface area contributed by atoms with E-state index in [0.717, 1.165) is 28.0 Å². The third kappa shape index (κ3) is 7.08. The maximum Gasteiger partial charge on any atom is 0.282 e. The molecule has 0 saturated carbocycles. The lowest BCUT2D eigenvalue weighted by Gasteiger charge is -2.18. The van der Waals surface area contributed by atoms with Gasteiger partial charge in [-0.25, -0.2) is 4.98 Å². The number of para-hydroxylation sites is 1. The summed E-state index contributed by atoms with van der Waals surface area (Å²) in [6.07, 6.45) is 1.62. The smallest absolute Gasteiger partial charge is 0.282 e. The first kappa shape index (κ1) is 32.3. The van der Waals surface area contributed by atoms with E-state index >= 15 is 0 Å². The van der Waals surface area contributed by atoms with Crippen LogP contribution in [0.4, 0.5) is 0 Å². The molecule has 5 rings (SSSR count). The van der Waals surface area contributed by atoms with Crippen molar-refractivity contribution in [2.45, 2.75) is 47.1 Å². The maximum absolute atomic E-state index is 13.9. The topological polar surface area (TPSA) is 74.9 Å². The van der Waals surface area contributed by atoms with Crippen LogP contribution in [-0.2, 0) is 6.61 Å². The van der Waals surface area contributed by atoms with E-state index < -0.39 is 0 Å². The van der Waals surface area contributed by atoms with Gasteiger partial charge in [-0.2, -0.15) is 9.78 Å². The summed E-state index contributed by atoms with van der Waals surface area (Å²) >= 11 is 9.98. The zero-order valence-electron chi connectivity index (χ0n) is 25.9. The Hall–Kier alpha value is -4.14. The predicted octanol–water partition coefficient (Wildman–Crippen LogP) is 9.17. The molecule has 1 heterocycles. The van der Waals surface area contributed by atoms with E-state index in [2.05, 4.69) is 35.8 Å². The normalized spacial score (nSPS) is 11.5. The molecule has 0 bridgehead atoms. The second-order valence-electron chi connectivity index (χ2n) is 10.7. The number of hydrogen-bond acceptors (Lipinski definition) is 6. The van der Waals surface area contributed by atoms with Crippen LogP contribution in [0.15, 0.2) is 87.2 Å². The highest BCUT2D eigenvalue weighted by molar-refractivity contribution is 9.10. The van der Waals surface area contributed by atoms with Gasteiger partial charge in [0.15, 0.2) is 17.3 Å². The number of hydrogen-bond donors (Lipinski definition) is 0. The molecule has 0 fully saturated rings. The highest BCUT2D eigenvalue weighted by Gasteiger charge is 2.19. The molecule has 0 aliphatic rings. The fourth-order valence-corrected chi connectivity index (χ4v) is 5.80. The first-order valence-corrected chi connectivity index (χ1v) is 16.0. The Morgan fingerprint density at radius 2 is 1.67 bits per heavy atom. The molecule has 1 aromatic heterocycles. The van der Waals surface area contributed by atoms with Gasteiger partial charge in [0.05, 0.1) is 34.8 Å². The van der Waals surface area contributed by atoms with E-state index in [-0.39, 0.29) is 18.1 Å². The molecular formula is C36H35BrClN3O4. The van der Waals surface area contributed by atoms with Crippen molar-refractivity contribution in [1.29, 1.82) is 0 Å². The Morgan fingerprint density at radius 1 is 0.956 bits per heavy atom. The zero-order chi connectivity index (χ0) is 32.1. The Labute approximate surface area is 276 Å². The van der Waals surface area contributed by atoms with Crippen molar-refractivity contribution in [3.8, 4) is 28.6 Å². The van der Waals surface area contributed by atoms with Crippen LogP contribution in [0, 0.1) is 6.92 Å². The average Bonchev–Trinajstić information content (AvgIpc) is 3.01. The molecule has 0 aliphatic carbocycles. The van der Waals surface area contributed by atoms with Gasteiger partial charge in [0.1, 0.15) is 12.4 Å². The standard InChI is InChI=1S/C36H35BrClN3O4/c1-6-43-32-16-23(5)28(19-27(32)22(3)4)35-40-31-15-11-9-13-26(31)36(42)41(35)39-20-24-17-29(37)34(33(18-24)44-7-2)45-21-25-12-8-10-14-30(25)38/h8-20,22H,6-7,21H2,1-5H3. The van der Waals surface area contributed by atoms with Gasteiger partial charge in [0.2, 0.25) is 0 Å². The number of fused-ring (bicyclic) bond motifs is 1. The van der Waals surface area contributed by atoms with Gasteiger partial charge in [0, 0.05) is 16.1 Å². The molecular weight excluding hydrogens is 654 g/mol. The summed E-state index contributed by atoms with van der Waals surface area (Å²) in [5.74, 6) is 2.56. The number of aryl methyl sites for hydroxylation is 1. The van der Waals surface area contributed by atoms with E-state index in [1.165, 1.54) is 4.68 Å². The van der Waals surface area contributed by atoms with Gasteiger partial charge in [-0.15, -0.1) is 0 Å². The minimum atomic E-state index is -0.268. The van der Waals surface area contributed by atoms with Crippen molar-refractivity contribution in [3.05, 3.63) is 115 Å². The molecule has 0 amide bonds. The molecule has 232 valence electrons. The molecule has 4 aromatic carbocycles. The van der Waals surface area contributed by atoms with E-state index in [1.807, 2.05) is 81.4 Å². The van der Waals surface area contributed by atoms with Gasteiger partial charge < -0.3 is 14.2 Å². The lowest BCUT2D eigenvalue weighted by Crippen LogP contribution is -2.21. The van der Waals surface area contributed by atoms with Gasteiger partial charge in [-0.05, 0) is 102 Å². The van der Waals surface area contributed by atoms with Gasteiger partial charge >= 0.3 is 0 Å². The fraction of sp³-hybridized carbons (Fsp3) is 0.250. The second kappa shape index (κ2) is 14.3. The summed E-state index contributed by atoms with van der Waals surface area (Å²) in [4.78, 5) is 18.8. The first-order valence-electron chi connectivity index (χ1n) is 14.9. The van der Waals surface area contributed by atoms with Crippen molar-refractivity contribution in [2.75, 3.05) is 13.2 Å². The molecule has 9 heteroatoms. The third-order valence-corrected chi connectivity index (χ3v) is 8.21. The van der Waals surface area contributed by atoms with Crippen molar-refractivity contribution in [1.82, 2.24) is 9.66 Å². The molecule has 0 radical (unpaired) electrons. The van der Waals surface area contributed by atoms with Crippen LogP contribution in [-0.4, -0.2) is 29.1 Å². The maximum atomic E-state index is 13.9. The zero-order valence-corrected chi connectivity index (χ0v) is 28.3. The number of aromatic nitrogens is 2.